The van der Waals surface area contributed by atoms with Gasteiger partial charge in [0.2, 0.25) is 0 Å². The number of benzene rings is 1. The van der Waals surface area contributed by atoms with Gasteiger partial charge in [-0.1, -0.05) is 31.5 Å². The van der Waals surface area contributed by atoms with E-state index < -0.39 is 0 Å². The first kappa shape index (κ1) is 12.4. The summed E-state index contributed by atoms with van der Waals surface area (Å²) >= 11 is 0. The molecule has 2 heterocycles. The zero-order valence-electron chi connectivity index (χ0n) is 11.5. The molecule has 0 saturated carbocycles. The maximum atomic E-state index is 4.61. The summed E-state index contributed by atoms with van der Waals surface area (Å²) in [6.45, 7) is 3.33. The van der Waals surface area contributed by atoms with Crippen LogP contribution in [0.25, 0.3) is 5.69 Å². The Kier molecular flexibility index (Phi) is 3.65. The van der Waals surface area contributed by atoms with Gasteiger partial charge < -0.3 is 5.32 Å². The summed E-state index contributed by atoms with van der Waals surface area (Å²) in [5.74, 6) is 0. The minimum Gasteiger partial charge on any atom is -0.309 e. The van der Waals surface area contributed by atoms with Gasteiger partial charge in [-0.15, -0.1) is 0 Å². The van der Waals surface area contributed by atoms with Gasteiger partial charge in [0, 0.05) is 6.04 Å². The van der Waals surface area contributed by atoms with Crippen molar-refractivity contribution in [2.75, 3.05) is 6.54 Å². The standard InChI is InChI=1S/C16H21N3/c1-2-13-12-18-19(14-8-4-3-5-9-14)16(13)15-10-6-7-11-17-15/h3-5,8-9,12,15,17H,2,6-7,10-11H2,1H3. The van der Waals surface area contributed by atoms with Crippen molar-refractivity contribution >= 4 is 0 Å². The summed E-state index contributed by atoms with van der Waals surface area (Å²) in [7, 11) is 0. The Bertz CT molecular complexity index is 524. The molecule has 0 amide bonds. The Morgan fingerprint density at radius 3 is 2.79 bits per heavy atom. The highest BCUT2D eigenvalue weighted by molar-refractivity contribution is 5.36. The van der Waals surface area contributed by atoms with Crippen LogP contribution < -0.4 is 5.32 Å². The molecule has 3 heteroatoms. The lowest BCUT2D eigenvalue weighted by atomic mass is 9.98. The summed E-state index contributed by atoms with van der Waals surface area (Å²) in [6.07, 6.45) is 6.88. The number of piperidine rings is 1. The van der Waals surface area contributed by atoms with Crippen molar-refractivity contribution in [3.63, 3.8) is 0 Å². The van der Waals surface area contributed by atoms with Crippen LogP contribution in [0.2, 0.25) is 0 Å². The summed E-state index contributed by atoms with van der Waals surface area (Å²) in [5, 5.41) is 8.25. The van der Waals surface area contributed by atoms with Gasteiger partial charge in [0.05, 0.1) is 17.6 Å². The number of hydrogen-bond acceptors (Lipinski definition) is 2. The fourth-order valence-corrected chi connectivity index (χ4v) is 2.90. The Morgan fingerprint density at radius 1 is 1.26 bits per heavy atom. The average Bonchev–Trinajstić information content (AvgIpc) is 2.93. The lowest BCUT2D eigenvalue weighted by molar-refractivity contribution is 0.397. The Balaban J connectivity index is 2.03. The summed E-state index contributed by atoms with van der Waals surface area (Å²) in [6, 6.07) is 10.9. The molecule has 1 unspecified atom stereocenters. The van der Waals surface area contributed by atoms with Crippen LogP contribution in [0.3, 0.4) is 0 Å². The number of hydrogen-bond donors (Lipinski definition) is 1. The van der Waals surface area contributed by atoms with E-state index in [2.05, 4.69) is 46.3 Å². The van der Waals surface area contributed by atoms with Crippen LogP contribution in [0.1, 0.15) is 43.5 Å². The molecule has 0 bridgehead atoms. The van der Waals surface area contributed by atoms with Crippen LogP contribution in [-0.4, -0.2) is 16.3 Å². The quantitative estimate of drug-likeness (QED) is 0.912. The Labute approximate surface area is 114 Å². The van der Waals surface area contributed by atoms with Crippen molar-refractivity contribution in [2.24, 2.45) is 0 Å². The molecule has 0 spiro atoms. The maximum Gasteiger partial charge on any atom is 0.0649 e. The number of aromatic nitrogens is 2. The fourth-order valence-electron chi connectivity index (χ4n) is 2.90. The highest BCUT2D eigenvalue weighted by Gasteiger charge is 2.22. The molecular formula is C16H21N3. The molecule has 1 aliphatic heterocycles. The third kappa shape index (κ3) is 2.43. The molecule has 1 fully saturated rings. The smallest absolute Gasteiger partial charge is 0.0649 e. The van der Waals surface area contributed by atoms with Crippen molar-refractivity contribution in [3.05, 3.63) is 47.8 Å². The Morgan fingerprint density at radius 2 is 2.11 bits per heavy atom. The highest BCUT2D eigenvalue weighted by Crippen LogP contribution is 2.28. The van der Waals surface area contributed by atoms with Gasteiger partial charge in [0.1, 0.15) is 0 Å². The van der Waals surface area contributed by atoms with Gasteiger partial charge in [-0.2, -0.15) is 5.10 Å². The van der Waals surface area contributed by atoms with Crippen LogP contribution in [0.15, 0.2) is 36.5 Å². The van der Waals surface area contributed by atoms with E-state index >= 15 is 0 Å². The van der Waals surface area contributed by atoms with Gasteiger partial charge in [-0.3, -0.25) is 0 Å². The minimum atomic E-state index is 0.450. The first-order chi connectivity index (χ1) is 9.40. The molecule has 1 N–H and O–H groups in total. The minimum absolute atomic E-state index is 0.450. The van der Waals surface area contributed by atoms with Crippen molar-refractivity contribution in [2.45, 2.75) is 38.6 Å². The largest absolute Gasteiger partial charge is 0.309 e. The van der Waals surface area contributed by atoms with Gasteiger partial charge in [0.25, 0.3) is 0 Å². The van der Waals surface area contributed by atoms with Crippen LogP contribution in [0.4, 0.5) is 0 Å². The number of nitrogens with one attached hydrogen (secondary N) is 1. The van der Waals surface area contributed by atoms with Gasteiger partial charge in [0.15, 0.2) is 0 Å². The second kappa shape index (κ2) is 5.57. The monoisotopic (exact) mass is 255 g/mol. The molecule has 1 aromatic carbocycles. The lowest BCUT2D eigenvalue weighted by Gasteiger charge is -2.25. The normalized spacial score (nSPS) is 19.5. The molecule has 2 aromatic rings. The summed E-state index contributed by atoms with van der Waals surface area (Å²) in [5.41, 5.74) is 3.88. The van der Waals surface area contributed by atoms with Crippen LogP contribution in [0.5, 0.6) is 0 Å². The first-order valence-corrected chi connectivity index (χ1v) is 7.25. The molecule has 1 aliphatic rings. The van der Waals surface area contributed by atoms with E-state index in [9.17, 15) is 0 Å². The topological polar surface area (TPSA) is 29.9 Å². The third-order valence-electron chi connectivity index (χ3n) is 3.91. The van der Waals surface area contributed by atoms with Crippen molar-refractivity contribution in [3.8, 4) is 5.69 Å². The molecule has 3 nitrogen and oxygen atoms in total. The van der Waals surface area contributed by atoms with E-state index in [1.54, 1.807) is 0 Å². The molecule has 1 atom stereocenters. The SMILES string of the molecule is CCc1cnn(-c2ccccc2)c1C1CCCCN1. The molecule has 0 radical (unpaired) electrons. The van der Waals surface area contributed by atoms with Gasteiger partial charge in [-0.05, 0) is 43.5 Å². The second-order valence-corrected chi connectivity index (χ2v) is 5.16. The predicted octanol–water partition coefficient (Wildman–Crippen LogP) is 3.25. The third-order valence-corrected chi connectivity index (χ3v) is 3.91. The van der Waals surface area contributed by atoms with Crippen LogP contribution in [-0.2, 0) is 6.42 Å². The van der Waals surface area contributed by atoms with Crippen molar-refractivity contribution < 1.29 is 0 Å². The van der Waals surface area contributed by atoms with E-state index in [1.165, 1.54) is 30.5 Å². The van der Waals surface area contributed by atoms with E-state index in [0.29, 0.717) is 6.04 Å². The van der Waals surface area contributed by atoms with Crippen molar-refractivity contribution in [1.82, 2.24) is 15.1 Å². The van der Waals surface area contributed by atoms with E-state index in [0.717, 1.165) is 18.7 Å². The predicted molar refractivity (Wildman–Crippen MR) is 77.5 cm³/mol. The molecule has 0 aliphatic carbocycles. The van der Waals surface area contributed by atoms with E-state index in [1.807, 2.05) is 12.3 Å². The van der Waals surface area contributed by atoms with Crippen LogP contribution in [0, 0.1) is 0 Å². The molecule has 19 heavy (non-hydrogen) atoms. The maximum absolute atomic E-state index is 4.61. The number of aryl methyl sites for hydroxylation is 1. The lowest BCUT2D eigenvalue weighted by Crippen LogP contribution is -2.29. The Hall–Kier alpha value is -1.61. The van der Waals surface area contributed by atoms with E-state index in [-0.39, 0.29) is 0 Å². The fraction of sp³-hybridized carbons (Fsp3) is 0.438. The molecular weight excluding hydrogens is 234 g/mol. The molecule has 1 aromatic heterocycles. The summed E-state index contributed by atoms with van der Waals surface area (Å²) < 4.78 is 2.11. The van der Waals surface area contributed by atoms with Crippen molar-refractivity contribution in [1.29, 1.82) is 0 Å². The molecule has 100 valence electrons. The summed E-state index contributed by atoms with van der Waals surface area (Å²) in [4.78, 5) is 0. The number of rotatable bonds is 3. The zero-order valence-corrected chi connectivity index (χ0v) is 11.5. The van der Waals surface area contributed by atoms with Gasteiger partial charge in [-0.25, -0.2) is 4.68 Å². The average molecular weight is 255 g/mol. The second-order valence-electron chi connectivity index (χ2n) is 5.16. The van der Waals surface area contributed by atoms with Gasteiger partial charge >= 0.3 is 0 Å². The van der Waals surface area contributed by atoms with Crippen LogP contribution >= 0.6 is 0 Å². The number of nitrogens with zero attached hydrogens (tertiary/aromatic N) is 2. The zero-order chi connectivity index (χ0) is 13.1. The molecule has 3 rings (SSSR count). The highest BCUT2D eigenvalue weighted by atomic mass is 15.3. The first-order valence-electron chi connectivity index (χ1n) is 7.25. The molecule has 1 saturated heterocycles. The van der Waals surface area contributed by atoms with E-state index in [4.69, 9.17) is 0 Å². The number of para-hydroxylation sites is 1.